The van der Waals surface area contributed by atoms with Gasteiger partial charge in [0.1, 0.15) is 0 Å². The molecular weight excluding hydrogens is 240 g/mol. The molecule has 19 heavy (non-hydrogen) atoms. The van der Waals surface area contributed by atoms with E-state index in [9.17, 15) is 4.79 Å². The first-order valence-electron chi connectivity index (χ1n) is 6.26. The molecule has 0 atom stereocenters. The summed E-state index contributed by atoms with van der Waals surface area (Å²) in [5, 5.41) is 0. The molecule has 0 amide bonds. The number of anilines is 2. The largest absolute Gasteiger partial charge is 0.326 e. The molecule has 5 nitrogen and oxygen atoms in total. The predicted octanol–water partition coefficient (Wildman–Crippen LogP) is 1.49. The highest BCUT2D eigenvalue weighted by Crippen LogP contribution is 2.22. The van der Waals surface area contributed by atoms with Crippen molar-refractivity contribution in [1.82, 2.24) is 9.55 Å². The maximum atomic E-state index is 12.2. The SMILES string of the molecule is CCn1ccnc(N(C)c2ccccc2CN)c1=O. The monoisotopic (exact) mass is 258 g/mol. The minimum Gasteiger partial charge on any atom is -0.326 e. The fraction of sp³-hybridized carbons (Fsp3) is 0.286. The van der Waals surface area contributed by atoms with Gasteiger partial charge in [-0.15, -0.1) is 0 Å². The molecular formula is C14H18N4O. The van der Waals surface area contributed by atoms with Gasteiger partial charge in [0.15, 0.2) is 5.82 Å². The van der Waals surface area contributed by atoms with Crippen LogP contribution in [0.5, 0.6) is 0 Å². The summed E-state index contributed by atoms with van der Waals surface area (Å²) in [5.41, 5.74) is 7.52. The maximum Gasteiger partial charge on any atom is 0.293 e. The zero-order valence-electron chi connectivity index (χ0n) is 11.2. The molecule has 0 radical (unpaired) electrons. The summed E-state index contributed by atoms with van der Waals surface area (Å²) in [5.74, 6) is 0.408. The van der Waals surface area contributed by atoms with Crippen LogP contribution in [0.1, 0.15) is 12.5 Å². The van der Waals surface area contributed by atoms with E-state index in [2.05, 4.69) is 4.98 Å². The van der Waals surface area contributed by atoms with Gasteiger partial charge >= 0.3 is 0 Å². The maximum absolute atomic E-state index is 12.2. The Hall–Kier alpha value is -2.14. The van der Waals surface area contributed by atoms with Crippen LogP contribution < -0.4 is 16.2 Å². The highest BCUT2D eigenvalue weighted by atomic mass is 16.1. The third kappa shape index (κ3) is 2.51. The van der Waals surface area contributed by atoms with E-state index < -0.39 is 0 Å². The second-order valence-electron chi connectivity index (χ2n) is 4.23. The van der Waals surface area contributed by atoms with Crippen LogP contribution in [0, 0.1) is 0 Å². The Morgan fingerprint density at radius 2 is 2.11 bits per heavy atom. The number of nitrogens with two attached hydrogens (primary N) is 1. The molecule has 0 aliphatic rings. The lowest BCUT2D eigenvalue weighted by Crippen LogP contribution is -2.28. The molecule has 0 bridgehead atoms. The summed E-state index contributed by atoms with van der Waals surface area (Å²) >= 11 is 0. The van der Waals surface area contributed by atoms with Gasteiger partial charge in [-0.2, -0.15) is 0 Å². The van der Waals surface area contributed by atoms with Crippen molar-refractivity contribution in [2.45, 2.75) is 20.0 Å². The number of hydrogen-bond donors (Lipinski definition) is 1. The molecule has 100 valence electrons. The van der Waals surface area contributed by atoms with Crippen molar-refractivity contribution in [1.29, 1.82) is 0 Å². The van der Waals surface area contributed by atoms with E-state index in [1.807, 2.05) is 38.2 Å². The minimum atomic E-state index is -0.0978. The molecule has 2 rings (SSSR count). The van der Waals surface area contributed by atoms with E-state index in [1.54, 1.807) is 21.9 Å². The lowest BCUT2D eigenvalue weighted by Gasteiger charge is -2.21. The van der Waals surface area contributed by atoms with E-state index in [1.165, 1.54) is 0 Å². The van der Waals surface area contributed by atoms with Crippen molar-refractivity contribution >= 4 is 11.5 Å². The van der Waals surface area contributed by atoms with Crippen LogP contribution in [0.25, 0.3) is 0 Å². The van der Waals surface area contributed by atoms with Crippen LogP contribution in [0.2, 0.25) is 0 Å². The average Bonchev–Trinajstić information content (AvgIpc) is 2.46. The molecule has 1 aromatic heterocycles. The topological polar surface area (TPSA) is 64.2 Å². The Kier molecular flexibility index (Phi) is 3.97. The van der Waals surface area contributed by atoms with Crippen molar-refractivity contribution in [2.24, 2.45) is 5.73 Å². The number of nitrogens with zero attached hydrogens (tertiary/aromatic N) is 3. The van der Waals surface area contributed by atoms with Gasteiger partial charge in [0.05, 0.1) is 0 Å². The first-order chi connectivity index (χ1) is 9.19. The number of hydrogen-bond acceptors (Lipinski definition) is 4. The third-order valence-corrected chi connectivity index (χ3v) is 3.13. The van der Waals surface area contributed by atoms with Gasteiger partial charge in [0.25, 0.3) is 5.56 Å². The Balaban J connectivity index is 2.50. The molecule has 2 aromatic rings. The fourth-order valence-electron chi connectivity index (χ4n) is 2.04. The summed E-state index contributed by atoms with van der Waals surface area (Å²) in [6.07, 6.45) is 3.33. The lowest BCUT2D eigenvalue weighted by molar-refractivity contribution is 0.716. The molecule has 1 heterocycles. The molecule has 0 saturated carbocycles. The van der Waals surface area contributed by atoms with Crippen molar-refractivity contribution < 1.29 is 0 Å². The van der Waals surface area contributed by atoms with Crippen molar-refractivity contribution in [3.8, 4) is 0 Å². The number of aromatic nitrogens is 2. The summed E-state index contributed by atoms with van der Waals surface area (Å²) in [6, 6.07) is 7.74. The summed E-state index contributed by atoms with van der Waals surface area (Å²) in [4.78, 5) is 18.2. The van der Waals surface area contributed by atoms with Gasteiger partial charge in [0, 0.05) is 38.2 Å². The molecule has 0 saturated heterocycles. The molecule has 0 aliphatic carbocycles. The zero-order valence-corrected chi connectivity index (χ0v) is 11.2. The Labute approximate surface area is 112 Å². The van der Waals surface area contributed by atoms with E-state index in [0.717, 1.165) is 11.3 Å². The molecule has 0 aliphatic heterocycles. The fourth-order valence-corrected chi connectivity index (χ4v) is 2.04. The number of benzene rings is 1. The number of rotatable bonds is 4. The standard InChI is InChI=1S/C14H18N4O/c1-3-18-9-8-16-13(14(18)19)17(2)12-7-5-4-6-11(12)10-15/h4-9H,3,10,15H2,1-2H3. The van der Waals surface area contributed by atoms with Crippen molar-refractivity contribution in [3.05, 3.63) is 52.6 Å². The van der Waals surface area contributed by atoms with E-state index in [-0.39, 0.29) is 5.56 Å². The molecule has 2 N–H and O–H groups in total. The highest BCUT2D eigenvalue weighted by molar-refractivity contribution is 5.62. The third-order valence-electron chi connectivity index (χ3n) is 3.13. The van der Waals surface area contributed by atoms with Crippen LogP contribution in [0.3, 0.4) is 0 Å². The van der Waals surface area contributed by atoms with Gasteiger partial charge in [-0.25, -0.2) is 4.98 Å². The Morgan fingerprint density at radius 3 is 2.79 bits per heavy atom. The quantitative estimate of drug-likeness (QED) is 0.902. The second kappa shape index (κ2) is 5.67. The average molecular weight is 258 g/mol. The second-order valence-corrected chi connectivity index (χ2v) is 4.23. The Bertz CT molecular complexity index is 621. The van der Waals surface area contributed by atoms with E-state index in [4.69, 9.17) is 5.73 Å². The summed E-state index contributed by atoms with van der Waals surface area (Å²) < 4.78 is 1.63. The van der Waals surface area contributed by atoms with Crippen LogP contribution >= 0.6 is 0 Å². The van der Waals surface area contributed by atoms with Crippen LogP contribution in [-0.2, 0) is 13.1 Å². The molecule has 5 heteroatoms. The summed E-state index contributed by atoms with van der Waals surface area (Å²) in [6.45, 7) is 2.98. The number of para-hydroxylation sites is 1. The van der Waals surface area contributed by atoms with Gasteiger partial charge in [0.2, 0.25) is 0 Å². The summed E-state index contributed by atoms with van der Waals surface area (Å²) in [7, 11) is 1.83. The van der Waals surface area contributed by atoms with E-state index >= 15 is 0 Å². The Morgan fingerprint density at radius 1 is 1.37 bits per heavy atom. The minimum absolute atomic E-state index is 0.0978. The normalized spacial score (nSPS) is 10.5. The predicted molar refractivity (Wildman–Crippen MR) is 76.6 cm³/mol. The van der Waals surface area contributed by atoms with Crippen LogP contribution in [0.15, 0.2) is 41.5 Å². The van der Waals surface area contributed by atoms with Gasteiger partial charge in [-0.3, -0.25) is 4.79 Å². The zero-order chi connectivity index (χ0) is 13.8. The first-order valence-corrected chi connectivity index (χ1v) is 6.26. The van der Waals surface area contributed by atoms with E-state index in [0.29, 0.717) is 18.9 Å². The first kappa shape index (κ1) is 13.3. The smallest absolute Gasteiger partial charge is 0.293 e. The molecule has 0 unspecified atom stereocenters. The molecule has 0 fully saturated rings. The van der Waals surface area contributed by atoms with Crippen LogP contribution in [0.4, 0.5) is 11.5 Å². The van der Waals surface area contributed by atoms with Crippen molar-refractivity contribution in [2.75, 3.05) is 11.9 Å². The highest BCUT2D eigenvalue weighted by Gasteiger charge is 2.13. The van der Waals surface area contributed by atoms with Crippen LogP contribution in [-0.4, -0.2) is 16.6 Å². The van der Waals surface area contributed by atoms with Gasteiger partial charge in [-0.05, 0) is 18.6 Å². The molecule has 1 aromatic carbocycles. The molecule has 0 spiro atoms. The van der Waals surface area contributed by atoms with Gasteiger partial charge in [-0.1, -0.05) is 18.2 Å². The number of aryl methyl sites for hydroxylation is 1. The van der Waals surface area contributed by atoms with Gasteiger partial charge < -0.3 is 15.2 Å². The lowest BCUT2D eigenvalue weighted by atomic mass is 10.1. The van der Waals surface area contributed by atoms with Crippen molar-refractivity contribution in [3.63, 3.8) is 0 Å².